The van der Waals surface area contributed by atoms with Crippen LogP contribution in [0.1, 0.15) is 11.1 Å². The third kappa shape index (κ3) is 5.03. The average molecular weight is 306 g/mol. The Morgan fingerprint density at radius 2 is 1.36 bits per heavy atom. The van der Waals surface area contributed by atoms with Gasteiger partial charge in [-0.3, -0.25) is 0 Å². The lowest BCUT2D eigenvalue weighted by Gasteiger charge is -2.10. The maximum atomic E-state index is 10.3. The molecule has 0 saturated carbocycles. The zero-order valence-electron chi connectivity index (χ0n) is 13.4. The van der Waals surface area contributed by atoms with Crippen molar-refractivity contribution < 1.29 is 5.11 Å². The molecule has 0 amide bonds. The molecule has 112 valence electrons. The highest BCUT2D eigenvalue weighted by atomic mass is 28.3. The van der Waals surface area contributed by atoms with Crippen LogP contribution >= 0.6 is 0 Å². The van der Waals surface area contributed by atoms with Crippen LogP contribution in [0, 0.1) is 11.5 Å². The molecule has 2 aromatic rings. The van der Waals surface area contributed by atoms with Crippen LogP contribution in [0.25, 0.3) is 5.57 Å². The third-order valence-corrected chi connectivity index (χ3v) is 3.98. The van der Waals surface area contributed by atoms with Crippen LogP contribution in [0.2, 0.25) is 19.6 Å². The van der Waals surface area contributed by atoms with Crippen LogP contribution in [0.15, 0.2) is 66.7 Å². The summed E-state index contributed by atoms with van der Waals surface area (Å²) in [6, 6.07) is 20.2. The normalized spacial score (nSPS) is 12.0. The lowest BCUT2D eigenvalue weighted by Crippen LogP contribution is -2.17. The van der Waals surface area contributed by atoms with Gasteiger partial charge < -0.3 is 5.11 Å². The van der Waals surface area contributed by atoms with Crippen LogP contribution in [0.5, 0.6) is 0 Å². The molecule has 0 fully saturated rings. The highest BCUT2D eigenvalue weighted by Crippen LogP contribution is 2.23. The van der Waals surface area contributed by atoms with E-state index in [1.807, 2.05) is 42.5 Å². The topological polar surface area (TPSA) is 20.2 Å². The van der Waals surface area contributed by atoms with Crippen molar-refractivity contribution in [2.45, 2.75) is 25.7 Å². The predicted octanol–water partition coefficient (Wildman–Crippen LogP) is 4.36. The Morgan fingerprint density at radius 3 is 1.77 bits per heavy atom. The predicted molar refractivity (Wildman–Crippen MR) is 97.1 cm³/mol. The minimum atomic E-state index is -1.48. The van der Waals surface area contributed by atoms with Gasteiger partial charge in [0, 0.05) is 0 Å². The fraction of sp³-hybridized carbons (Fsp3) is 0.200. The molecule has 0 unspecified atom stereocenters. The smallest absolute Gasteiger partial charge is 0.133 e. The SMILES string of the molecule is C[Si](C)(C)C#C[C@H](O)C=C(c1ccccc1)c1ccccc1. The van der Waals surface area contributed by atoms with E-state index in [1.165, 1.54) is 0 Å². The van der Waals surface area contributed by atoms with Crippen molar-refractivity contribution in [1.29, 1.82) is 0 Å². The standard InChI is InChI=1S/C20H22OSi/c1-22(2,3)15-14-19(21)16-20(17-10-6-4-7-11-17)18-12-8-5-9-13-18/h4-13,16,19,21H,1-3H3/t19-/m0/s1. The molecule has 0 aliphatic heterocycles. The van der Waals surface area contributed by atoms with Gasteiger partial charge in [-0.15, -0.1) is 5.54 Å². The lowest BCUT2D eigenvalue weighted by molar-refractivity contribution is 0.281. The van der Waals surface area contributed by atoms with E-state index in [1.54, 1.807) is 0 Å². The second kappa shape index (κ2) is 7.26. The van der Waals surface area contributed by atoms with E-state index in [4.69, 9.17) is 0 Å². The summed E-state index contributed by atoms with van der Waals surface area (Å²) in [4.78, 5) is 0. The molecule has 22 heavy (non-hydrogen) atoms. The summed E-state index contributed by atoms with van der Waals surface area (Å²) in [5.74, 6) is 2.98. The fourth-order valence-corrected chi connectivity index (χ4v) is 2.67. The van der Waals surface area contributed by atoms with Gasteiger partial charge in [-0.1, -0.05) is 86.2 Å². The third-order valence-electron chi connectivity index (χ3n) is 3.09. The van der Waals surface area contributed by atoms with E-state index in [0.717, 1.165) is 16.7 Å². The minimum Gasteiger partial charge on any atom is -0.377 e. The molecule has 2 aromatic carbocycles. The Bertz CT molecular complexity index is 644. The zero-order chi connectivity index (χ0) is 16.0. The molecule has 0 aliphatic carbocycles. The maximum absolute atomic E-state index is 10.3. The van der Waals surface area contributed by atoms with Crippen molar-refractivity contribution in [3.63, 3.8) is 0 Å². The van der Waals surface area contributed by atoms with E-state index in [0.29, 0.717) is 0 Å². The van der Waals surface area contributed by atoms with Gasteiger partial charge in [-0.25, -0.2) is 0 Å². The van der Waals surface area contributed by atoms with Gasteiger partial charge in [0.15, 0.2) is 0 Å². The van der Waals surface area contributed by atoms with Crippen LogP contribution in [-0.4, -0.2) is 19.3 Å². The molecular formula is C20H22OSi. The molecule has 1 N–H and O–H groups in total. The molecule has 0 saturated heterocycles. The first-order chi connectivity index (χ1) is 10.5. The molecule has 0 spiro atoms. The van der Waals surface area contributed by atoms with E-state index in [-0.39, 0.29) is 0 Å². The number of aliphatic hydroxyl groups excluding tert-OH is 1. The van der Waals surface area contributed by atoms with Crippen molar-refractivity contribution in [2.75, 3.05) is 0 Å². The molecule has 2 rings (SSSR count). The van der Waals surface area contributed by atoms with Crippen molar-refractivity contribution in [3.05, 3.63) is 77.9 Å². The fourth-order valence-electron chi connectivity index (χ4n) is 2.08. The van der Waals surface area contributed by atoms with Crippen molar-refractivity contribution in [2.24, 2.45) is 0 Å². The number of hydrogen-bond donors (Lipinski definition) is 1. The van der Waals surface area contributed by atoms with Crippen molar-refractivity contribution in [1.82, 2.24) is 0 Å². The van der Waals surface area contributed by atoms with E-state index < -0.39 is 14.2 Å². The van der Waals surface area contributed by atoms with Crippen LogP contribution in [0.3, 0.4) is 0 Å². The molecule has 2 heteroatoms. The molecule has 1 atom stereocenters. The Labute approximate surface area is 134 Å². The van der Waals surface area contributed by atoms with Crippen molar-refractivity contribution >= 4 is 13.6 Å². The molecule has 0 aliphatic rings. The van der Waals surface area contributed by atoms with Crippen molar-refractivity contribution in [3.8, 4) is 11.5 Å². The summed E-state index contributed by atoms with van der Waals surface area (Å²) in [7, 11) is -1.48. The summed E-state index contributed by atoms with van der Waals surface area (Å²) in [5.41, 5.74) is 6.41. The molecule has 0 radical (unpaired) electrons. The summed E-state index contributed by atoms with van der Waals surface area (Å²) in [5, 5.41) is 10.3. The second-order valence-corrected chi connectivity index (χ2v) is 11.0. The first-order valence-electron chi connectivity index (χ1n) is 7.49. The maximum Gasteiger partial charge on any atom is 0.133 e. The second-order valence-electron chi connectivity index (χ2n) is 6.28. The average Bonchev–Trinajstić information content (AvgIpc) is 2.52. The Balaban J connectivity index is 2.41. The first kappa shape index (κ1) is 16.3. The van der Waals surface area contributed by atoms with Gasteiger partial charge in [0.05, 0.1) is 0 Å². The van der Waals surface area contributed by atoms with E-state index in [2.05, 4.69) is 55.4 Å². The van der Waals surface area contributed by atoms with Crippen LogP contribution < -0.4 is 0 Å². The van der Waals surface area contributed by atoms with Gasteiger partial charge >= 0.3 is 0 Å². The summed E-state index contributed by atoms with van der Waals surface area (Å²) < 4.78 is 0. The van der Waals surface area contributed by atoms with Crippen LogP contribution in [0.4, 0.5) is 0 Å². The van der Waals surface area contributed by atoms with Gasteiger partial charge in [-0.2, -0.15) is 0 Å². The number of aliphatic hydroxyl groups is 1. The number of hydrogen-bond acceptors (Lipinski definition) is 1. The molecular weight excluding hydrogens is 284 g/mol. The quantitative estimate of drug-likeness (QED) is 0.660. The summed E-state index contributed by atoms with van der Waals surface area (Å²) in [6.07, 6.45) is 1.10. The minimum absolute atomic E-state index is 0.748. The lowest BCUT2D eigenvalue weighted by atomic mass is 9.96. The van der Waals surface area contributed by atoms with E-state index in [9.17, 15) is 5.11 Å². The molecule has 1 nitrogen and oxygen atoms in total. The highest BCUT2D eigenvalue weighted by molar-refractivity contribution is 6.83. The molecule has 0 heterocycles. The molecule has 0 bridgehead atoms. The van der Waals surface area contributed by atoms with Gasteiger partial charge in [-0.05, 0) is 22.8 Å². The highest BCUT2D eigenvalue weighted by Gasteiger charge is 2.10. The number of rotatable bonds is 3. The Kier molecular flexibility index (Phi) is 5.38. The van der Waals surface area contributed by atoms with Gasteiger partial charge in [0.2, 0.25) is 0 Å². The largest absolute Gasteiger partial charge is 0.377 e. The summed E-state index contributed by atoms with van der Waals surface area (Å²) >= 11 is 0. The number of benzene rings is 2. The monoisotopic (exact) mass is 306 g/mol. The van der Waals surface area contributed by atoms with Crippen LogP contribution in [-0.2, 0) is 0 Å². The Morgan fingerprint density at radius 1 is 0.909 bits per heavy atom. The van der Waals surface area contributed by atoms with Gasteiger partial charge in [0.25, 0.3) is 0 Å². The molecule has 0 aromatic heterocycles. The van der Waals surface area contributed by atoms with E-state index >= 15 is 0 Å². The first-order valence-corrected chi connectivity index (χ1v) is 11.0. The summed E-state index contributed by atoms with van der Waals surface area (Å²) in [6.45, 7) is 6.52. The Hall–Kier alpha value is -2.08. The van der Waals surface area contributed by atoms with Gasteiger partial charge in [0.1, 0.15) is 14.2 Å². The zero-order valence-corrected chi connectivity index (χ0v) is 14.4.